The van der Waals surface area contributed by atoms with Crippen molar-refractivity contribution in [1.82, 2.24) is 15.0 Å². The van der Waals surface area contributed by atoms with Gasteiger partial charge >= 0.3 is 0 Å². The summed E-state index contributed by atoms with van der Waals surface area (Å²) < 4.78 is 14.5. The number of benzene rings is 1. The molecule has 0 atom stereocenters. The van der Waals surface area contributed by atoms with Crippen molar-refractivity contribution in [2.75, 3.05) is 11.9 Å². The lowest BCUT2D eigenvalue weighted by molar-refractivity contribution is 0.102. The van der Waals surface area contributed by atoms with E-state index < -0.39 is 11.7 Å². The number of nitrogens with two attached hydrogens (primary N) is 1. The van der Waals surface area contributed by atoms with E-state index in [4.69, 9.17) is 17.3 Å². The van der Waals surface area contributed by atoms with Crippen molar-refractivity contribution in [3.8, 4) is 0 Å². The number of aromatic nitrogens is 3. The van der Waals surface area contributed by atoms with Crippen molar-refractivity contribution in [2.24, 2.45) is 5.73 Å². The van der Waals surface area contributed by atoms with Crippen LogP contribution in [0.5, 0.6) is 0 Å². The highest BCUT2D eigenvalue weighted by atomic mass is 35.5. The Balaban J connectivity index is 2.13. The maximum Gasteiger partial charge on any atom is 0.277 e. The predicted molar refractivity (Wildman–Crippen MR) is 68.4 cm³/mol. The molecule has 0 bridgehead atoms. The molecule has 1 amide bonds. The topological polar surface area (TPSA) is 85.8 Å². The van der Waals surface area contributed by atoms with Gasteiger partial charge in [-0.1, -0.05) is 16.8 Å². The maximum absolute atomic E-state index is 13.0. The van der Waals surface area contributed by atoms with Crippen molar-refractivity contribution in [2.45, 2.75) is 6.54 Å². The third kappa shape index (κ3) is 3.27. The second-order valence-electron chi connectivity index (χ2n) is 3.73. The fourth-order valence-corrected chi connectivity index (χ4v) is 1.59. The fraction of sp³-hybridized carbons (Fsp3) is 0.182. The molecule has 2 rings (SSSR count). The molecule has 6 nitrogen and oxygen atoms in total. The van der Waals surface area contributed by atoms with E-state index in [1.165, 1.54) is 23.0 Å². The van der Waals surface area contributed by atoms with Crippen molar-refractivity contribution in [1.29, 1.82) is 0 Å². The molecule has 0 fully saturated rings. The quantitative estimate of drug-likeness (QED) is 0.885. The van der Waals surface area contributed by atoms with Crippen LogP contribution in [0, 0.1) is 5.82 Å². The standard InChI is InChI=1S/C11H11ClFN5O/c12-8-2-1-7(13)5-9(8)15-11(19)10-6-18(4-3-14)17-16-10/h1-2,5-6H,3-4,14H2,(H,15,19). The van der Waals surface area contributed by atoms with Crippen LogP contribution in [0.4, 0.5) is 10.1 Å². The van der Waals surface area contributed by atoms with Crippen LogP contribution in [0.3, 0.4) is 0 Å². The van der Waals surface area contributed by atoms with E-state index in [1.807, 2.05) is 0 Å². The molecule has 1 aromatic heterocycles. The molecule has 8 heteroatoms. The lowest BCUT2D eigenvalue weighted by atomic mass is 10.3. The molecule has 3 N–H and O–H groups in total. The van der Waals surface area contributed by atoms with Gasteiger partial charge in [-0.15, -0.1) is 5.10 Å². The first-order valence-corrected chi connectivity index (χ1v) is 5.84. The van der Waals surface area contributed by atoms with E-state index in [9.17, 15) is 9.18 Å². The second-order valence-corrected chi connectivity index (χ2v) is 4.14. The van der Waals surface area contributed by atoms with E-state index in [-0.39, 0.29) is 16.4 Å². The molecule has 19 heavy (non-hydrogen) atoms. The Hall–Kier alpha value is -1.99. The zero-order chi connectivity index (χ0) is 13.8. The molecule has 0 radical (unpaired) electrons. The molecule has 1 heterocycles. The zero-order valence-corrected chi connectivity index (χ0v) is 10.6. The lowest BCUT2D eigenvalue weighted by Crippen LogP contribution is -2.13. The van der Waals surface area contributed by atoms with Gasteiger partial charge in [-0.05, 0) is 18.2 Å². The number of anilines is 1. The average molecular weight is 284 g/mol. The van der Waals surface area contributed by atoms with Crippen molar-refractivity contribution >= 4 is 23.2 Å². The van der Waals surface area contributed by atoms with Gasteiger partial charge in [-0.3, -0.25) is 9.48 Å². The molecule has 0 saturated carbocycles. The Labute approximate surface area is 113 Å². The number of hydrogen-bond acceptors (Lipinski definition) is 4. The zero-order valence-electron chi connectivity index (χ0n) is 9.81. The first-order chi connectivity index (χ1) is 9.10. The number of halogens is 2. The minimum atomic E-state index is -0.518. The Kier molecular flexibility index (Phi) is 4.08. The van der Waals surface area contributed by atoms with E-state index in [0.29, 0.717) is 13.1 Å². The van der Waals surface area contributed by atoms with Crippen LogP contribution in [0.25, 0.3) is 0 Å². The van der Waals surface area contributed by atoms with Gasteiger partial charge < -0.3 is 11.1 Å². The molecule has 1 aromatic carbocycles. The Bertz CT molecular complexity index is 601. The highest BCUT2D eigenvalue weighted by molar-refractivity contribution is 6.33. The van der Waals surface area contributed by atoms with Gasteiger partial charge in [0.05, 0.1) is 23.5 Å². The van der Waals surface area contributed by atoms with Gasteiger partial charge in [0.15, 0.2) is 5.69 Å². The number of amides is 1. The third-order valence-electron chi connectivity index (χ3n) is 2.31. The van der Waals surface area contributed by atoms with Crippen molar-refractivity contribution < 1.29 is 9.18 Å². The van der Waals surface area contributed by atoms with Crippen LogP contribution in [-0.4, -0.2) is 27.4 Å². The number of carbonyl (C=O) groups excluding carboxylic acids is 1. The van der Waals surface area contributed by atoms with Gasteiger partial charge in [-0.25, -0.2) is 4.39 Å². The highest BCUT2D eigenvalue weighted by Crippen LogP contribution is 2.22. The number of hydrogen-bond donors (Lipinski definition) is 2. The molecule has 0 saturated heterocycles. The summed E-state index contributed by atoms with van der Waals surface area (Å²) in [7, 11) is 0. The third-order valence-corrected chi connectivity index (χ3v) is 2.64. The SMILES string of the molecule is NCCn1cc(C(=O)Nc2cc(F)ccc2Cl)nn1. The van der Waals surface area contributed by atoms with E-state index in [1.54, 1.807) is 0 Å². The van der Waals surface area contributed by atoms with Gasteiger partial charge in [0.1, 0.15) is 5.82 Å². The summed E-state index contributed by atoms with van der Waals surface area (Å²) in [5.74, 6) is -1.01. The summed E-state index contributed by atoms with van der Waals surface area (Å²) in [5, 5.41) is 10.1. The highest BCUT2D eigenvalue weighted by Gasteiger charge is 2.13. The predicted octanol–water partition coefficient (Wildman–Crippen LogP) is 1.28. The van der Waals surface area contributed by atoms with Gasteiger partial charge in [0.2, 0.25) is 0 Å². The molecular weight excluding hydrogens is 273 g/mol. The number of nitrogens with one attached hydrogen (secondary N) is 1. The Morgan fingerprint density at radius 2 is 2.32 bits per heavy atom. The van der Waals surface area contributed by atoms with Crippen LogP contribution < -0.4 is 11.1 Å². The lowest BCUT2D eigenvalue weighted by Gasteiger charge is -2.05. The molecule has 0 unspecified atom stereocenters. The maximum atomic E-state index is 13.0. The largest absolute Gasteiger partial charge is 0.329 e. The number of rotatable bonds is 4. The molecule has 100 valence electrons. The van der Waals surface area contributed by atoms with Crippen LogP contribution in [-0.2, 0) is 6.54 Å². The van der Waals surface area contributed by atoms with Crippen LogP contribution in [0.2, 0.25) is 5.02 Å². The monoisotopic (exact) mass is 283 g/mol. The summed E-state index contributed by atoms with van der Waals surface area (Å²) in [6.07, 6.45) is 1.45. The molecule has 2 aromatic rings. The summed E-state index contributed by atoms with van der Waals surface area (Å²) in [6.45, 7) is 0.848. The summed E-state index contributed by atoms with van der Waals surface area (Å²) in [6, 6.07) is 3.69. The van der Waals surface area contributed by atoms with E-state index in [0.717, 1.165) is 6.07 Å². The number of carbonyl (C=O) groups is 1. The molecule has 0 aliphatic heterocycles. The molecule has 0 spiro atoms. The summed E-state index contributed by atoms with van der Waals surface area (Å²) >= 11 is 5.84. The summed E-state index contributed by atoms with van der Waals surface area (Å²) in [4.78, 5) is 11.9. The Morgan fingerprint density at radius 1 is 1.53 bits per heavy atom. The van der Waals surface area contributed by atoms with E-state index in [2.05, 4.69) is 15.6 Å². The van der Waals surface area contributed by atoms with Crippen molar-refractivity contribution in [3.63, 3.8) is 0 Å². The normalized spacial score (nSPS) is 10.5. The van der Waals surface area contributed by atoms with Crippen molar-refractivity contribution in [3.05, 3.63) is 40.9 Å². The van der Waals surface area contributed by atoms with Crippen LogP contribution in [0.1, 0.15) is 10.5 Å². The average Bonchev–Trinajstić information content (AvgIpc) is 2.83. The van der Waals surface area contributed by atoms with Crippen LogP contribution >= 0.6 is 11.6 Å². The first kappa shape index (κ1) is 13.4. The Morgan fingerprint density at radius 3 is 3.05 bits per heavy atom. The minimum Gasteiger partial charge on any atom is -0.329 e. The van der Waals surface area contributed by atoms with Gasteiger partial charge in [0.25, 0.3) is 5.91 Å². The van der Waals surface area contributed by atoms with Crippen LogP contribution in [0.15, 0.2) is 24.4 Å². The molecule has 0 aliphatic rings. The summed E-state index contributed by atoms with van der Waals surface area (Å²) in [5.41, 5.74) is 5.64. The van der Waals surface area contributed by atoms with E-state index >= 15 is 0 Å². The molecule has 0 aliphatic carbocycles. The smallest absolute Gasteiger partial charge is 0.277 e. The molecular formula is C11H11ClFN5O. The first-order valence-electron chi connectivity index (χ1n) is 5.47. The van der Waals surface area contributed by atoms with Gasteiger partial charge in [0, 0.05) is 6.54 Å². The minimum absolute atomic E-state index is 0.105. The fourth-order valence-electron chi connectivity index (χ4n) is 1.42. The second kappa shape index (κ2) is 5.77. The van der Waals surface area contributed by atoms with Gasteiger partial charge in [-0.2, -0.15) is 0 Å². The number of nitrogens with zero attached hydrogens (tertiary/aromatic N) is 3.